The summed E-state index contributed by atoms with van der Waals surface area (Å²) in [5, 5.41) is 5.33. The van der Waals surface area contributed by atoms with Crippen molar-refractivity contribution < 1.29 is 27.9 Å². The van der Waals surface area contributed by atoms with E-state index < -0.39 is 41.0 Å². The number of carbonyl (C=O) groups is 3. The minimum absolute atomic E-state index is 0.0453. The van der Waals surface area contributed by atoms with Crippen molar-refractivity contribution >= 4 is 34.1 Å². The van der Waals surface area contributed by atoms with Crippen molar-refractivity contribution in [1.29, 1.82) is 0 Å². The van der Waals surface area contributed by atoms with E-state index in [0.717, 1.165) is 22.6 Å². The van der Waals surface area contributed by atoms with E-state index in [1.807, 2.05) is 25.1 Å². The van der Waals surface area contributed by atoms with Gasteiger partial charge in [0.1, 0.15) is 29.3 Å². The largest absolute Gasteiger partial charge is 0.445 e. The molecular formula is C26H24F2N2O4S. The van der Waals surface area contributed by atoms with Crippen molar-refractivity contribution in [1.82, 2.24) is 5.32 Å². The van der Waals surface area contributed by atoms with Crippen LogP contribution in [0.25, 0.3) is 0 Å². The molecule has 6 nitrogen and oxygen atoms in total. The topological polar surface area (TPSA) is 84.5 Å². The summed E-state index contributed by atoms with van der Waals surface area (Å²) in [5.74, 6) is -3.05. The van der Waals surface area contributed by atoms with Crippen LogP contribution in [0.1, 0.15) is 45.8 Å². The van der Waals surface area contributed by atoms with E-state index in [9.17, 15) is 23.2 Å². The first-order valence-electron chi connectivity index (χ1n) is 11.2. The van der Waals surface area contributed by atoms with E-state index in [1.54, 1.807) is 12.1 Å². The number of carbonyl (C=O) groups excluding carboxylic acids is 3. The minimum Gasteiger partial charge on any atom is -0.445 e. The van der Waals surface area contributed by atoms with Gasteiger partial charge in [0.25, 0.3) is 0 Å². The molecule has 2 atom stereocenters. The van der Waals surface area contributed by atoms with E-state index in [2.05, 4.69) is 10.6 Å². The molecular weight excluding hydrogens is 474 g/mol. The van der Waals surface area contributed by atoms with Crippen LogP contribution in [0.5, 0.6) is 0 Å². The quantitative estimate of drug-likeness (QED) is 0.436. The second kappa shape index (κ2) is 10.4. The van der Waals surface area contributed by atoms with E-state index in [4.69, 9.17) is 4.74 Å². The van der Waals surface area contributed by atoms with Crippen LogP contribution >= 0.6 is 11.3 Å². The molecule has 0 fully saturated rings. The summed E-state index contributed by atoms with van der Waals surface area (Å²) in [6.45, 7) is 3.54. The third kappa shape index (κ3) is 5.40. The van der Waals surface area contributed by atoms with Crippen LogP contribution < -0.4 is 10.6 Å². The summed E-state index contributed by atoms with van der Waals surface area (Å²) in [4.78, 5) is 39.1. The number of hydrogen-bond donors (Lipinski definition) is 2. The molecule has 1 heterocycles. The van der Waals surface area contributed by atoms with Crippen LogP contribution in [0.15, 0.2) is 48.5 Å². The fourth-order valence-electron chi connectivity index (χ4n) is 4.03. The van der Waals surface area contributed by atoms with Crippen molar-refractivity contribution in [3.8, 4) is 0 Å². The lowest BCUT2D eigenvalue weighted by atomic mass is 9.98. The molecule has 0 aliphatic heterocycles. The van der Waals surface area contributed by atoms with Gasteiger partial charge in [0.05, 0.1) is 11.1 Å². The van der Waals surface area contributed by atoms with Crippen molar-refractivity contribution in [3.05, 3.63) is 87.3 Å². The molecule has 0 saturated carbocycles. The number of fused-ring (bicyclic) bond motifs is 1. The maximum absolute atomic E-state index is 14.4. The van der Waals surface area contributed by atoms with Gasteiger partial charge in [0, 0.05) is 4.88 Å². The third-order valence-electron chi connectivity index (χ3n) is 5.77. The maximum atomic E-state index is 14.4. The lowest BCUT2D eigenvalue weighted by Gasteiger charge is -2.15. The summed E-state index contributed by atoms with van der Waals surface area (Å²) < 4.78 is 33.9. The molecule has 0 saturated heterocycles. The Labute approximate surface area is 205 Å². The highest BCUT2D eigenvalue weighted by Crippen LogP contribution is 2.42. The average molecular weight is 499 g/mol. The number of alkyl carbamates (subject to hydrolysis) is 1. The molecule has 0 unspecified atom stereocenters. The second-order valence-electron chi connectivity index (χ2n) is 8.56. The van der Waals surface area contributed by atoms with Gasteiger partial charge in [-0.3, -0.25) is 9.59 Å². The Morgan fingerprint density at radius 1 is 1.03 bits per heavy atom. The Bertz CT molecular complexity index is 1260. The van der Waals surface area contributed by atoms with Crippen LogP contribution in [0.3, 0.4) is 0 Å². The van der Waals surface area contributed by atoms with Crippen molar-refractivity contribution in [2.24, 2.45) is 5.92 Å². The monoisotopic (exact) mass is 498 g/mol. The van der Waals surface area contributed by atoms with Gasteiger partial charge in [0.15, 0.2) is 0 Å². The highest BCUT2D eigenvalue weighted by Gasteiger charge is 2.33. The third-order valence-corrected chi connectivity index (χ3v) is 6.94. The first kappa shape index (κ1) is 24.5. The summed E-state index contributed by atoms with van der Waals surface area (Å²) in [7, 11) is 0. The lowest BCUT2D eigenvalue weighted by Crippen LogP contribution is -2.41. The number of ether oxygens (including phenoxy) is 1. The summed E-state index contributed by atoms with van der Waals surface area (Å²) in [6, 6.07) is 11.3. The molecule has 1 aliphatic rings. The number of hydrogen-bond acceptors (Lipinski definition) is 5. The molecule has 1 aromatic heterocycles. The van der Waals surface area contributed by atoms with Crippen molar-refractivity contribution in [2.75, 3.05) is 5.32 Å². The second-order valence-corrected chi connectivity index (χ2v) is 9.67. The molecule has 3 aromatic rings. The predicted molar refractivity (Wildman–Crippen MR) is 129 cm³/mol. The maximum Gasteiger partial charge on any atom is 0.408 e. The molecule has 4 rings (SSSR count). The van der Waals surface area contributed by atoms with Crippen LogP contribution in [0.2, 0.25) is 0 Å². The minimum atomic E-state index is -0.984. The molecule has 2 amide bonds. The fraction of sp³-hybridized carbons (Fsp3) is 0.269. The van der Waals surface area contributed by atoms with Crippen LogP contribution in [-0.2, 0) is 29.0 Å². The smallest absolute Gasteiger partial charge is 0.408 e. The van der Waals surface area contributed by atoms with Crippen LogP contribution in [0, 0.1) is 17.6 Å². The lowest BCUT2D eigenvalue weighted by molar-refractivity contribution is -0.117. The van der Waals surface area contributed by atoms with Gasteiger partial charge in [-0.05, 0) is 48.9 Å². The molecule has 1 aliphatic carbocycles. The number of nitrogens with one attached hydrogen (secondary N) is 2. The Morgan fingerprint density at radius 3 is 2.40 bits per heavy atom. The molecule has 182 valence electrons. The van der Waals surface area contributed by atoms with Gasteiger partial charge in [-0.15, -0.1) is 11.3 Å². The SMILES string of the molecule is C[C@H]1Cc2sc(NC(=O)[C@H](C)NC(=O)OCc3ccccc3)c(C(=O)c3c(F)cccc3F)c2C1. The first-order chi connectivity index (χ1) is 16.7. The Kier molecular flexibility index (Phi) is 7.25. The summed E-state index contributed by atoms with van der Waals surface area (Å²) >= 11 is 1.22. The molecule has 0 bridgehead atoms. The highest BCUT2D eigenvalue weighted by atomic mass is 32.1. The molecule has 35 heavy (non-hydrogen) atoms. The number of anilines is 1. The number of ketones is 1. The van der Waals surface area contributed by atoms with Crippen molar-refractivity contribution in [2.45, 2.75) is 39.3 Å². The normalized spacial score (nSPS) is 15.3. The van der Waals surface area contributed by atoms with Gasteiger partial charge in [-0.25, -0.2) is 13.6 Å². The average Bonchev–Trinajstić information content (AvgIpc) is 3.33. The van der Waals surface area contributed by atoms with Gasteiger partial charge in [-0.1, -0.05) is 43.3 Å². The number of thiophene rings is 1. The van der Waals surface area contributed by atoms with E-state index in [1.165, 1.54) is 24.3 Å². The van der Waals surface area contributed by atoms with E-state index in [-0.39, 0.29) is 23.1 Å². The molecule has 0 spiro atoms. The van der Waals surface area contributed by atoms with E-state index in [0.29, 0.717) is 18.4 Å². The first-order valence-corrected chi connectivity index (χ1v) is 12.0. The van der Waals surface area contributed by atoms with Crippen LogP contribution in [-0.4, -0.2) is 23.8 Å². The number of amides is 2. The Morgan fingerprint density at radius 2 is 1.71 bits per heavy atom. The fourth-order valence-corrected chi connectivity index (χ4v) is 5.42. The molecule has 0 radical (unpaired) electrons. The van der Waals surface area contributed by atoms with Crippen molar-refractivity contribution in [3.63, 3.8) is 0 Å². The van der Waals surface area contributed by atoms with E-state index >= 15 is 0 Å². The zero-order valence-electron chi connectivity index (χ0n) is 19.2. The number of halogens is 2. The van der Waals surface area contributed by atoms with Gasteiger partial charge >= 0.3 is 6.09 Å². The van der Waals surface area contributed by atoms with Crippen LogP contribution in [0.4, 0.5) is 18.6 Å². The highest BCUT2D eigenvalue weighted by molar-refractivity contribution is 7.17. The zero-order valence-corrected chi connectivity index (χ0v) is 20.0. The van der Waals surface area contributed by atoms with Gasteiger partial charge < -0.3 is 15.4 Å². The van der Waals surface area contributed by atoms with Gasteiger partial charge in [-0.2, -0.15) is 0 Å². The summed E-state index contributed by atoms with van der Waals surface area (Å²) in [6.07, 6.45) is 0.497. The number of benzene rings is 2. The Hall–Kier alpha value is -3.59. The standard InChI is InChI=1S/C26H24F2N2O4S/c1-14-11-17-20(12-14)35-25(21(17)23(31)22-18(27)9-6-10-19(22)28)30-24(32)15(2)29-26(33)34-13-16-7-4-3-5-8-16/h3-10,14-15H,11-13H2,1-2H3,(H,29,33)(H,30,32)/t14-,15+/m1/s1. The number of rotatable bonds is 7. The zero-order chi connectivity index (χ0) is 25.1. The molecule has 2 aromatic carbocycles. The summed E-state index contributed by atoms with van der Waals surface area (Å²) in [5.41, 5.74) is 0.948. The Balaban J connectivity index is 1.50. The molecule has 2 N–H and O–H groups in total. The predicted octanol–water partition coefficient (Wildman–Crippen LogP) is 5.25. The molecule has 9 heteroatoms. The van der Waals surface area contributed by atoms with Gasteiger partial charge in [0.2, 0.25) is 11.7 Å².